The van der Waals surface area contributed by atoms with Crippen molar-refractivity contribution < 1.29 is 14.3 Å². The zero-order chi connectivity index (χ0) is 21.5. The van der Waals surface area contributed by atoms with E-state index in [1.54, 1.807) is 7.11 Å². The number of anilines is 1. The van der Waals surface area contributed by atoms with Gasteiger partial charge < -0.3 is 14.8 Å². The Hall–Kier alpha value is -2.57. The second-order valence-corrected chi connectivity index (χ2v) is 7.89. The average Bonchev–Trinajstić information content (AvgIpc) is 2.76. The van der Waals surface area contributed by atoms with Crippen molar-refractivity contribution in [2.45, 2.75) is 26.8 Å². The van der Waals surface area contributed by atoms with Gasteiger partial charge in [0.15, 0.2) is 0 Å². The monoisotopic (exact) mass is 411 g/mol. The van der Waals surface area contributed by atoms with Crippen molar-refractivity contribution in [3.05, 3.63) is 53.6 Å². The predicted molar refractivity (Wildman–Crippen MR) is 121 cm³/mol. The number of amides is 1. The number of benzene rings is 2. The van der Waals surface area contributed by atoms with E-state index in [4.69, 9.17) is 9.47 Å². The van der Waals surface area contributed by atoms with Gasteiger partial charge in [0.2, 0.25) is 5.91 Å². The van der Waals surface area contributed by atoms with E-state index in [1.165, 1.54) is 0 Å². The minimum atomic E-state index is -0.150. The Balaban J connectivity index is 1.40. The van der Waals surface area contributed by atoms with E-state index in [0.29, 0.717) is 6.61 Å². The van der Waals surface area contributed by atoms with Crippen LogP contribution in [0.25, 0.3) is 0 Å². The maximum absolute atomic E-state index is 12.7. The Bertz CT molecular complexity index is 830. The van der Waals surface area contributed by atoms with Crippen molar-refractivity contribution in [1.29, 1.82) is 0 Å². The number of carbonyl (C=O) groups excluding carboxylic acids is 1. The molecule has 2 aromatic carbocycles. The summed E-state index contributed by atoms with van der Waals surface area (Å²) in [6.07, 6.45) is 0. The molecule has 3 rings (SSSR count). The largest absolute Gasteiger partial charge is 0.497 e. The molecule has 30 heavy (non-hydrogen) atoms. The number of rotatable bonds is 8. The first-order chi connectivity index (χ1) is 14.5. The highest BCUT2D eigenvalue weighted by Crippen LogP contribution is 2.18. The number of methoxy groups -OCH3 is 1. The third-order valence-electron chi connectivity index (χ3n) is 5.72. The highest BCUT2D eigenvalue weighted by atomic mass is 16.5. The fourth-order valence-corrected chi connectivity index (χ4v) is 3.61. The third kappa shape index (κ3) is 5.97. The summed E-state index contributed by atoms with van der Waals surface area (Å²) in [7, 11) is 1.66. The molecule has 0 radical (unpaired) electrons. The van der Waals surface area contributed by atoms with E-state index in [2.05, 4.69) is 21.2 Å². The molecule has 1 aliphatic rings. The zero-order valence-corrected chi connectivity index (χ0v) is 18.5. The van der Waals surface area contributed by atoms with Crippen LogP contribution in [-0.4, -0.2) is 68.2 Å². The Morgan fingerprint density at radius 3 is 2.37 bits per heavy atom. The Kier molecular flexibility index (Phi) is 7.71. The van der Waals surface area contributed by atoms with Crippen molar-refractivity contribution in [2.75, 3.05) is 51.8 Å². The van der Waals surface area contributed by atoms with Gasteiger partial charge >= 0.3 is 0 Å². The van der Waals surface area contributed by atoms with Crippen molar-refractivity contribution in [3.63, 3.8) is 0 Å². The average molecular weight is 412 g/mol. The molecule has 1 saturated heterocycles. The molecule has 1 amide bonds. The first kappa shape index (κ1) is 22.1. The second-order valence-electron chi connectivity index (χ2n) is 7.89. The summed E-state index contributed by atoms with van der Waals surface area (Å²) in [6.45, 7) is 11.2. The van der Waals surface area contributed by atoms with Crippen LogP contribution in [0.4, 0.5) is 5.69 Å². The summed E-state index contributed by atoms with van der Waals surface area (Å²) in [5.41, 5.74) is 3.14. The number of hydrogen-bond donors (Lipinski definition) is 1. The van der Waals surface area contributed by atoms with Gasteiger partial charge in [0, 0.05) is 38.4 Å². The smallest absolute Gasteiger partial charge is 0.241 e. The SMILES string of the molecule is COc1ccc(OCCN2CCN([C@@H](C)C(=O)Nc3cc(C)ccc3C)CC2)cc1. The molecule has 0 aromatic heterocycles. The Labute approximate surface area is 179 Å². The molecule has 2 aromatic rings. The van der Waals surface area contributed by atoms with Gasteiger partial charge in [-0.1, -0.05) is 12.1 Å². The molecule has 1 heterocycles. The number of hydrogen-bond acceptors (Lipinski definition) is 5. The van der Waals surface area contributed by atoms with Crippen LogP contribution in [0.3, 0.4) is 0 Å². The van der Waals surface area contributed by atoms with Gasteiger partial charge in [0.1, 0.15) is 18.1 Å². The summed E-state index contributed by atoms with van der Waals surface area (Å²) >= 11 is 0. The van der Waals surface area contributed by atoms with Crippen LogP contribution in [0.5, 0.6) is 11.5 Å². The maximum Gasteiger partial charge on any atom is 0.241 e. The van der Waals surface area contributed by atoms with Gasteiger partial charge in [-0.2, -0.15) is 0 Å². The summed E-state index contributed by atoms with van der Waals surface area (Å²) in [6, 6.07) is 13.6. The maximum atomic E-state index is 12.7. The lowest BCUT2D eigenvalue weighted by Gasteiger charge is -2.37. The van der Waals surface area contributed by atoms with Crippen LogP contribution in [0.2, 0.25) is 0 Å². The molecule has 1 N–H and O–H groups in total. The first-order valence-corrected chi connectivity index (χ1v) is 10.6. The Morgan fingerprint density at radius 1 is 1.03 bits per heavy atom. The van der Waals surface area contributed by atoms with Crippen molar-refractivity contribution >= 4 is 11.6 Å². The van der Waals surface area contributed by atoms with E-state index >= 15 is 0 Å². The summed E-state index contributed by atoms with van der Waals surface area (Å²) in [4.78, 5) is 17.4. The molecule has 0 unspecified atom stereocenters. The number of nitrogens with zero attached hydrogens (tertiary/aromatic N) is 2. The van der Waals surface area contributed by atoms with Gasteiger partial charge in [-0.3, -0.25) is 14.6 Å². The first-order valence-electron chi connectivity index (χ1n) is 10.6. The van der Waals surface area contributed by atoms with Crippen LogP contribution in [-0.2, 0) is 4.79 Å². The number of ether oxygens (including phenoxy) is 2. The number of piperazine rings is 1. The highest BCUT2D eigenvalue weighted by molar-refractivity contribution is 5.95. The highest BCUT2D eigenvalue weighted by Gasteiger charge is 2.25. The molecule has 1 atom stereocenters. The Morgan fingerprint density at radius 2 is 1.70 bits per heavy atom. The van der Waals surface area contributed by atoms with E-state index in [9.17, 15) is 4.79 Å². The topological polar surface area (TPSA) is 54.0 Å². The van der Waals surface area contributed by atoms with Gasteiger partial charge in [-0.05, 0) is 62.2 Å². The molecule has 1 fully saturated rings. The minimum Gasteiger partial charge on any atom is -0.497 e. The van der Waals surface area contributed by atoms with Gasteiger partial charge in [0.05, 0.1) is 13.2 Å². The van der Waals surface area contributed by atoms with Gasteiger partial charge in [-0.25, -0.2) is 0 Å². The van der Waals surface area contributed by atoms with E-state index in [-0.39, 0.29) is 11.9 Å². The fourth-order valence-electron chi connectivity index (χ4n) is 3.61. The fraction of sp³-hybridized carbons (Fsp3) is 0.458. The van der Waals surface area contributed by atoms with Gasteiger partial charge in [0.25, 0.3) is 0 Å². The van der Waals surface area contributed by atoms with E-state index in [0.717, 1.165) is 61.0 Å². The molecule has 6 nitrogen and oxygen atoms in total. The van der Waals surface area contributed by atoms with Crippen molar-refractivity contribution in [2.24, 2.45) is 0 Å². The number of carbonyl (C=O) groups is 1. The molecule has 1 aliphatic heterocycles. The van der Waals surface area contributed by atoms with Crippen molar-refractivity contribution in [1.82, 2.24) is 9.80 Å². The van der Waals surface area contributed by atoms with Crippen molar-refractivity contribution in [3.8, 4) is 11.5 Å². The molecule has 0 spiro atoms. The lowest BCUT2D eigenvalue weighted by Crippen LogP contribution is -2.53. The number of nitrogens with one attached hydrogen (secondary N) is 1. The van der Waals surface area contributed by atoms with Crippen LogP contribution in [0.1, 0.15) is 18.1 Å². The minimum absolute atomic E-state index is 0.0555. The summed E-state index contributed by atoms with van der Waals surface area (Å²) < 4.78 is 11.0. The normalized spacial score (nSPS) is 16.1. The lowest BCUT2D eigenvalue weighted by molar-refractivity contribution is -0.121. The molecular formula is C24H33N3O3. The third-order valence-corrected chi connectivity index (χ3v) is 5.72. The molecule has 0 aliphatic carbocycles. The standard InChI is InChI=1S/C24H33N3O3/c1-18-5-6-19(2)23(17-18)25-24(28)20(3)27-13-11-26(12-14-27)15-16-30-22-9-7-21(29-4)8-10-22/h5-10,17,20H,11-16H2,1-4H3,(H,25,28)/t20-/m0/s1. The predicted octanol–water partition coefficient (Wildman–Crippen LogP) is 3.34. The zero-order valence-electron chi connectivity index (χ0n) is 18.5. The quantitative estimate of drug-likeness (QED) is 0.722. The van der Waals surface area contributed by atoms with E-state index < -0.39 is 0 Å². The molecular weight excluding hydrogens is 378 g/mol. The van der Waals surface area contributed by atoms with E-state index in [1.807, 2.05) is 57.2 Å². The van der Waals surface area contributed by atoms with Crippen LogP contribution in [0, 0.1) is 13.8 Å². The molecule has 0 saturated carbocycles. The van der Waals surface area contributed by atoms with Crippen LogP contribution >= 0.6 is 0 Å². The lowest BCUT2D eigenvalue weighted by atomic mass is 10.1. The summed E-state index contributed by atoms with van der Waals surface area (Å²) in [5.74, 6) is 1.74. The summed E-state index contributed by atoms with van der Waals surface area (Å²) in [5, 5.41) is 3.10. The molecule has 0 bridgehead atoms. The van der Waals surface area contributed by atoms with Gasteiger partial charge in [-0.15, -0.1) is 0 Å². The van der Waals surface area contributed by atoms with Crippen LogP contribution in [0.15, 0.2) is 42.5 Å². The van der Waals surface area contributed by atoms with Crippen LogP contribution < -0.4 is 14.8 Å². The molecule has 6 heteroatoms. The second kappa shape index (κ2) is 10.5. The number of aryl methyl sites for hydroxylation is 2. The molecule has 162 valence electrons.